The Morgan fingerprint density at radius 2 is 2.04 bits per heavy atom. The van der Waals surface area contributed by atoms with Crippen molar-refractivity contribution >= 4 is 17.7 Å². The van der Waals surface area contributed by atoms with Crippen LogP contribution >= 0.6 is 11.8 Å². The van der Waals surface area contributed by atoms with Crippen molar-refractivity contribution in [1.29, 1.82) is 0 Å². The third-order valence-electron chi connectivity index (χ3n) is 4.83. The Morgan fingerprint density at radius 1 is 1.27 bits per heavy atom. The molecule has 1 N–H and O–H groups in total. The molecule has 4 nitrogen and oxygen atoms in total. The molecule has 0 spiro atoms. The summed E-state index contributed by atoms with van der Waals surface area (Å²) in [4.78, 5) is 12.2. The molecule has 4 unspecified atom stereocenters. The second-order valence-electron chi connectivity index (χ2n) is 6.75. The summed E-state index contributed by atoms with van der Waals surface area (Å²) in [5.74, 6) is 0.390. The number of rotatable bonds is 10. The Hall–Kier alpha value is -1.30. The van der Waals surface area contributed by atoms with Gasteiger partial charge in [0.05, 0.1) is 13.2 Å². The minimum atomic E-state index is -0.329. The molecule has 0 saturated heterocycles. The highest BCUT2D eigenvalue weighted by atomic mass is 32.2. The second kappa shape index (κ2) is 11.4. The molecular weight excluding hydrogens is 348 g/mol. The van der Waals surface area contributed by atoms with Gasteiger partial charge in [0.25, 0.3) is 0 Å². The summed E-state index contributed by atoms with van der Waals surface area (Å²) < 4.78 is 10.3. The third kappa shape index (κ3) is 6.78. The lowest BCUT2D eigenvalue weighted by Crippen LogP contribution is -2.26. The van der Waals surface area contributed by atoms with Gasteiger partial charge in [-0.2, -0.15) is 0 Å². The molecule has 0 amide bonds. The van der Waals surface area contributed by atoms with E-state index < -0.39 is 0 Å². The van der Waals surface area contributed by atoms with E-state index in [4.69, 9.17) is 4.74 Å². The fourth-order valence-electron chi connectivity index (χ4n) is 3.40. The van der Waals surface area contributed by atoms with E-state index >= 15 is 0 Å². The van der Waals surface area contributed by atoms with E-state index in [1.807, 2.05) is 18.2 Å². The fraction of sp³-hybridized carbons (Fsp3) is 0.571. The summed E-state index contributed by atoms with van der Waals surface area (Å²) in [5, 5.41) is 10.5. The predicted molar refractivity (Wildman–Crippen MR) is 105 cm³/mol. The smallest absolute Gasteiger partial charge is 0.305 e. The molecule has 1 saturated carbocycles. The van der Waals surface area contributed by atoms with E-state index in [1.54, 1.807) is 18.9 Å². The van der Waals surface area contributed by atoms with Crippen molar-refractivity contribution in [3.8, 4) is 0 Å². The molecule has 1 fully saturated rings. The summed E-state index contributed by atoms with van der Waals surface area (Å²) in [5.41, 5.74) is -0.0362. The van der Waals surface area contributed by atoms with E-state index in [9.17, 15) is 9.90 Å². The first-order valence-corrected chi connectivity index (χ1v) is 10.2. The van der Waals surface area contributed by atoms with Gasteiger partial charge in [0.15, 0.2) is 0 Å². The zero-order chi connectivity index (χ0) is 18.8. The number of allylic oxidation sites excluding steroid dienone is 2. The Kier molecular flexibility index (Phi) is 9.23. The first kappa shape index (κ1) is 21.0. The van der Waals surface area contributed by atoms with Gasteiger partial charge in [0, 0.05) is 24.3 Å². The molecule has 0 aliphatic heterocycles. The highest BCUT2D eigenvalue weighted by Crippen LogP contribution is 2.41. The van der Waals surface area contributed by atoms with Crippen LogP contribution in [-0.2, 0) is 14.3 Å². The van der Waals surface area contributed by atoms with Gasteiger partial charge in [-0.05, 0) is 50.2 Å². The van der Waals surface area contributed by atoms with Gasteiger partial charge in [-0.1, -0.05) is 42.1 Å². The zero-order valence-electron chi connectivity index (χ0n) is 15.7. The van der Waals surface area contributed by atoms with Gasteiger partial charge in [0.2, 0.25) is 0 Å². The van der Waals surface area contributed by atoms with Crippen LogP contribution in [0.25, 0.3) is 0 Å². The summed E-state index contributed by atoms with van der Waals surface area (Å²) >= 11 is 1.68. The number of ether oxygens (including phenoxy) is 2. The van der Waals surface area contributed by atoms with Crippen LogP contribution in [0, 0.1) is 11.8 Å². The van der Waals surface area contributed by atoms with E-state index in [0.29, 0.717) is 12.3 Å². The highest BCUT2D eigenvalue weighted by Gasteiger charge is 2.37. The van der Waals surface area contributed by atoms with Crippen LogP contribution in [0.4, 0.5) is 0 Å². The monoisotopic (exact) mass is 378 g/mol. The average molecular weight is 379 g/mol. The van der Waals surface area contributed by atoms with Gasteiger partial charge in [-0.3, -0.25) is 4.79 Å². The van der Waals surface area contributed by atoms with E-state index in [-0.39, 0.29) is 23.4 Å². The number of esters is 1. The van der Waals surface area contributed by atoms with Gasteiger partial charge in [-0.15, -0.1) is 0 Å². The molecule has 1 aromatic carbocycles. The second-order valence-corrected chi connectivity index (χ2v) is 7.92. The molecule has 2 rings (SSSR count). The van der Waals surface area contributed by atoms with Crippen molar-refractivity contribution < 1.29 is 19.4 Å². The number of unbranched alkanes of at least 4 members (excludes halogenated alkanes) is 2. The van der Waals surface area contributed by atoms with Crippen LogP contribution in [0.3, 0.4) is 0 Å². The van der Waals surface area contributed by atoms with E-state index in [2.05, 4.69) is 29.0 Å². The number of benzene rings is 1. The summed E-state index contributed by atoms with van der Waals surface area (Å²) in [6.07, 6.45) is 9.09. The van der Waals surface area contributed by atoms with Gasteiger partial charge in [0.1, 0.15) is 5.44 Å². The van der Waals surface area contributed by atoms with Crippen LogP contribution in [-0.4, -0.2) is 36.8 Å². The Labute approximate surface area is 161 Å². The van der Waals surface area contributed by atoms with Crippen molar-refractivity contribution in [3.05, 3.63) is 42.5 Å². The number of carbonyl (C=O) groups is 1. The minimum absolute atomic E-state index is 0.0362. The Bertz CT molecular complexity index is 560. The maximum Gasteiger partial charge on any atom is 0.305 e. The Balaban J connectivity index is 1.76. The lowest BCUT2D eigenvalue weighted by molar-refractivity contribution is -0.140. The van der Waals surface area contributed by atoms with E-state index in [0.717, 1.165) is 37.0 Å². The molecule has 1 aliphatic rings. The molecule has 4 atom stereocenters. The lowest BCUT2D eigenvalue weighted by atomic mass is 10.0. The third-order valence-corrected chi connectivity index (χ3v) is 6.15. The summed E-state index contributed by atoms with van der Waals surface area (Å²) in [7, 11) is 3.14. The number of carbonyl (C=O) groups excluding carboxylic acids is 1. The maximum absolute atomic E-state index is 11.1. The standard InChI is InChI=1S/C21H30O4S/c1-24-20(23)13-9-4-3-6-10-16-14-18(19(22)15-16)21(25-2)26-17-11-7-5-8-12-17/h5-8,10-12,16,18-19,21-22H,3-4,9,13-15H2,1-2H3/b10-6-. The van der Waals surface area contributed by atoms with Crippen LogP contribution < -0.4 is 0 Å². The maximum atomic E-state index is 11.1. The minimum Gasteiger partial charge on any atom is -0.469 e. The molecule has 0 radical (unpaired) electrons. The van der Waals surface area contributed by atoms with Gasteiger partial charge in [-0.25, -0.2) is 0 Å². The largest absolute Gasteiger partial charge is 0.469 e. The molecule has 0 heterocycles. The fourth-order valence-corrected chi connectivity index (χ4v) is 4.55. The molecule has 0 aromatic heterocycles. The topological polar surface area (TPSA) is 55.8 Å². The number of aliphatic hydroxyl groups is 1. The van der Waals surface area contributed by atoms with Crippen molar-refractivity contribution in [2.24, 2.45) is 11.8 Å². The highest BCUT2D eigenvalue weighted by molar-refractivity contribution is 7.99. The first-order chi connectivity index (χ1) is 12.6. The van der Waals surface area contributed by atoms with Crippen LogP contribution in [0.15, 0.2) is 47.4 Å². The molecule has 1 aliphatic carbocycles. The molecule has 144 valence electrons. The number of aliphatic hydroxyl groups excluding tert-OH is 1. The summed E-state index contributed by atoms with van der Waals surface area (Å²) in [6, 6.07) is 10.2. The summed E-state index contributed by atoms with van der Waals surface area (Å²) in [6.45, 7) is 0. The van der Waals surface area contributed by atoms with Gasteiger partial charge >= 0.3 is 5.97 Å². The average Bonchev–Trinajstić information content (AvgIpc) is 3.03. The number of hydrogen-bond donors (Lipinski definition) is 1. The van der Waals surface area contributed by atoms with E-state index in [1.165, 1.54) is 7.11 Å². The predicted octanol–water partition coefficient (Wildman–Crippen LogP) is 4.43. The van der Waals surface area contributed by atoms with Crippen LogP contribution in [0.1, 0.15) is 38.5 Å². The van der Waals surface area contributed by atoms with Crippen molar-refractivity contribution in [1.82, 2.24) is 0 Å². The lowest BCUT2D eigenvalue weighted by Gasteiger charge is -2.24. The normalized spacial score (nSPS) is 24.0. The SMILES string of the molecule is COC(=O)CCCC/C=C\C1CC(O)C(C(OC)Sc2ccccc2)C1. The number of methoxy groups -OCH3 is 2. The molecular formula is C21H30O4S. The number of hydrogen-bond acceptors (Lipinski definition) is 5. The van der Waals surface area contributed by atoms with Gasteiger partial charge < -0.3 is 14.6 Å². The van der Waals surface area contributed by atoms with Crippen molar-refractivity contribution in [3.63, 3.8) is 0 Å². The number of thioether (sulfide) groups is 1. The van der Waals surface area contributed by atoms with Crippen molar-refractivity contribution in [2.45, 2.75) is 55.0 Å². The molecule has 1 aromatic rings. The van der Waals surface area contributed by atoms with Crippen LogP contribution in [0.2, 0.25) is 0 Å². The molecule has 26 heavy (non-hydrogen) atoms. The Morgan fingerprint density at radius 3 is 2.73 bits per heavy atom. The van der Waals surface area contributed by atoms with Crippen LogP contribution in [0.5, 0.6) is 0 Å². The van der Waals surface area contributed by atoms with Crippen molar-refractivity contribution in [2.75, 3.05) is 14.2 Å². The molecule has 0 bridgehead atoms. The zero-order valence-corrected chi connectivity index (χ0v) is 16.5. The quantitative estimate of drug-likeness (QED) is 0.215. The first-order valence-electron chi connectivity index (χ1n) is 9.30. The molecule has 5 heteroatoms.